The highest BCUT2D eigenvalue weighted by atomic mass is 16.5. The van der Waals surface area contributed by atoms with Gasteiger partial charge in [0.25, 0.3) is 0 Å². The van der Waals surface area contributed by atoms with E-state index < -0.39 is 17.1 Å². The molecule has 6 nitrogen and oxygen atoms in total. The van der Waals surface area contributed by atoms with Gasteiger partial charge in [-0.3, -0.25) is 4.79 Å². The van der Waals surface area contributed by atoms with Crippen LogP contribution in [-0.2, 0) is 21.4 Å². The lowest BCUT2D eigenvalue weighted by Gasteiger charge is -2.64. The van der Waals surface area contributed by atoms with Crippen LogP contribution in [0.5, 0.6) is 11.5 Å². The zero-order valence-corrected chi connectivity index (χ0v) is 16.3. The van der Waals surface area contributed by atoms with Gasteiger partial charge in [0, 0.05) is 31.4 Å². The molecule has 0 amide bonds. The number of ether oxygens (including phenoxy) is 2. The Labute approximate surface area is 164 Å². The number of nitrogens with zero attached hydrogens (tertiary/aromatic N) is 1. The maximum atomic E-state index is 12.9. The highest BCUT2D eigenvalue weighted by Gasteiger charge is 2.76. The number of phenols is 1. The van der Waals surface area contributed by atoms with Gasteiger partial charge in [-0.05, 0) is 30.9 Å². The minimum Gasteiger partial charge on any atom is -0.504 e. The van der Waals surface area contributed by atoms with Gasteiger partial charge in [0.05, 0.1) is 19.0 Å². The molecule has 6 rings (SSSR count). The van der Waals surface area contributed by atoms with Gasteiger partial charge >= 0.3 is 0 Å². The van der Waals surface area contributed by atoms with E-state index in [1.54, 1.807) is 6.07 Å². The topological polar surface area (TPSA) is 76.0 Å². The van der Waals surface area contributed by atoms with Crippen LogP contribution in [0.2, 0.25) is 0 Å². The number of hydrogen-bond donors (Lipinski definition) is 2. The summed E-state index contributed by atoms with van der Waals surface area (Å²) in [4.78, 5) is 12.9. The standard InChI is InChI=1S/C22H27NO5/c1-23(12-14-3-2-10-27-14)9-8-21-18-13-4-5-15(24)19(18)28-20(21)16(25)6-7-22(21,26)17(23)11-13/h4-5,14,17,20,26H,2-3,6-12H2,1H3/p+1/t14?,17-,20+,21+,22-,23?/m1/s1. The van der Waals surface area contributed by atoms with Crippen molar-refractivity contribution in [1.82, 2.24) is 0 Å². The van der Waals surface area contributed by atoms with E-state index >= 15 is 0 Å². The number of rotatable bonds is 2. The second-order valence-corrected chi connectivity index (χ2v) is 9.80. The van der Waals surface area contributed by atoms with E-state index in [4.69, 9.17) is 9.47 Å². The van der Waals surface area contributed by atoms with Crippen LogP contribution in [0.15, 0.2) is 12.1 Å². The van der Waals surface area contributed by atoms with Crippen LogP contribution in [0.1, 0.15) is 43.2 Å². The summed E-state index contributed by atoms with van der Waals surface area (Å²) in [6.07, 6.45) is 4.03. The summed E-state index contributed by atoms with van der Waals surface area (Å²) < 4.78 is 12.8. The van der Waals surface area contributed by atoms with Crippen molar-refractivity contribution < 1.29 is 29.0 Å². The maximum absolute atomic E-state index is 12.9. The second-order valence-electron chi connectivity index (χ2n) is 9.80. The number of aliphatic hydroxyl groups is 1. The van der Waals surface area contributed by atoms with E-state index in [0.29, 0.717) is 25.0 Å². The number of hydrogen-bond acceptors (Lipinski definition) is 5. The normalized spacial score (nSPS) is 45.6. The smallest absolute Gasteiger partial charge is 0.174 e. The number of likely N-dealkylation sites (tertiary alicyclic amines) is 1. The summed E-state index contributed by atoms with van der Waals surface area (Å²) in [6.45, 7) is 2.62. The van der Waals surface area contributed by atoms with E-state index in [1.807, 2.05) is 6.07 Å². The van der Waals surface area contributed by atoms with E-state index in [0.717, 1.165) is 54.6 Å². The summed E-state index contributed by atoms with van der Waals surface area (Å²) >= 11 is 0. The average Bonchev–Trinajstić information content (AvgIpc) is 3.29. The summed E-state index contributed by atoms with van der Waals surface area (Å²) in [5.41, 5.74) is 0.315. The molecule has 2 N–H and O–H groups in total. The predicted molar refractivity (Wildman–Crippen MR) is 100 cm³/mol. The number of phenolic OH excluding ortho intramolecular Hbond substituents is 1. The largest absolute Gasteiger partial charge is 0.504 e. The molecule has 2 saturated heterocycles. The molecule has 3 fully saturated rings. The van der Waals surface area contributed by atoms with Crippen LogP contribution >= 0.6 is 0 Å². The molecule has 3 heterocycles. The molecule has 0 aromatic heterocycles. The first-order valence-electron chi connectivity index (χ1n) is 10.6. The van der Waals surface area contributed by atoms with Crippen molar-refractivity contribution in [2.45, 2.75) is 67.8 Å². The number of piperidine rings is 1. The first-order chi connectivity index (χ1) is 13.4. The lowest BCUT2D eigenvalue weighted by molar-refractivity contribution is -0.951. The number of carbonyl (C=O) groups excluding carboxylic acids is 1. The molecule has 1 spiro atoms. The second kappa shape index (κ2) is 5.29. The van der Waals surface area contributed by atoms with Gasteiger partial charge in [-0.15, -0.1) is 0 Å². The van der Waals surface area contributed by atoms with Crippen LogP contribution in [-0.4, -0.2) is 71.1 Å². The van der Waals surface area contributed by atoms with Crippen LogP contribution in [0.3, 0.4) is 0 Å². The number of ketones is 1. The van der Waals surface area contributed by atoms with Crippen molar-refractivity contribution in [3.63, 3.8) is 0 Å². The maximum Gasteiger partial charge on any atom is 0.174 e. The minimum atomic E-state index is -0.997. The fourth-order valence-electron chi connectivity index (χ4n) is 7.30. The van der Waals surface area contributed by atoms with Crippen LogP contribution in [0.4, 0.5) is 0 Å². The fraction of sp³-hybridized carbons (Fsp3) is 0.682. The average molecular weight is 386 g/mol. The molecule has 28 heavy (non-hydrogen) atoms. The van der Waals surface area contributed by atoms with E-state index in [-0.39, 0.29) is 23.7 Å². The Morgan fingerprint density at radius 1 is 1.32 bits per heavy atom. The van der Waals surface area contributed by atoms with Crippen molar-refractivity contribution >= 4 is 5.78 Å². The van der Waals surface area contributed by atoms with Gasteiger partial charge in [-0.2, -0.15) is 0 Å². The summed E-state index contributed by atoms with van der Waals surface area (Å²) in [7, 11) is 2.25. The van der Waals surface area contributed by atoms with E-state index in [2.05, 4.69) is 7.05 Å². The minimum absolute atomic E-state index is 0.00708. The van der Waals surface area contributed by atoms with E-state index in [1.165, 1.54) is 0 Å². The van der Waals surface area contributed by atoms with Gasteiger partial charge in [-0.1, -0.05) is 6.07 Å². The Balaban J connectivity index is 1.53. The van der Waals surface area contributed by atoms with Gasteiger partial charge < -0.3 is 24.2 Å². The van der Waals surface area contributed by atoms with Crippen LogP contribution in [0.25, 0.3) is 0 Å². The number of carbonyl (C=O) groups is 1. The molecule has 3 aliphatic heterocycles. The molecule has 1 aromatic rings. The molecule has 2 unspecified atom stereocenters. The third kappa shape index (κ3) is 1.83. The lowest BCUT2D eigenvalue weighted by atomic mass is 9.48. The molecular formula is C22H28NO5+. The van der Waals surface area contributed by atoms with Crippen LogP contribution < -0.4 is 4.74 Å². The quantitative estimate of drug-likeness (QED) is 0.753. The van der Waals surface area contributed by atoms with Gasteiger partial charge in [-0.25, -0.2) is 0 Å². The number of likely N-dealkylation sites (N-methyl/N-ethyl adjacent to an activating group) is 1. The van der Waals surface area contributed by atoms with Crippen molar-refractivity contribution in [3.8, 4) is 11.5 Å². The molecule has 6 heteroatoms. The molecule has 2 aliphatic carbocycles. The summed E-state index contributed by atoms with van der Waals surface area (Å²) in [5, 5.41) is 22.7. The monoisotopic (exact) mass is 386 g/mol. The third-order valence-corrected chi connectivity index (χ3v) is 8.55. The van der Waals surface area contributed by atoms with Crippen molar-refractivity contribution in [2.75, 3.05) is 26.7 Å². The van der Waals surface area contributed by atoms with Crippen molar-refractivity contribution in [1.29, 1.82) is 0 Å². The summed E-state index contributed by atoms with van der Waals surface area (Å²) in [5.74, 6) is 0.574. The Morgan fingerprint density at radius 2 is 2.18 bits per heavy atom. The molecule has 1 aromatic carbocycles. The van der Waals surface area contributed by atoms with Gasteiger partial charge in [0.2, 0.25) is 0 Å². The molecule has 0 radical (unpaired) electrons. The Bertz CT molecular complexity index is 880. The zero-order valence-electron chi connectivity index (χ0n) is 16.3. The Kier molecular flexibility index (Phi) is 3.26. The molecule has 6 atom stereocenters. The van der Waals surface area contributed by atoms with Gasteiger partial charge in [0.1, 0.15) is 24.3 Å². The van der Waals surface area contributed by atoms with Gasteiger partial charge in [0.15, 0.2) is 23.4 Å². The Morgan fingerprint density at radius 3 is 2.96 bits per heavy atom. The molecule has 5 aliphatic rings. The van der Waals surface area contributed by atoms with Crippen molar-refractivity contribution in [3.05, 3.63) is 23.3 Å². The lowest BCUT2D eigenvalue weighted by Crippen LogP contribution is -2.81. The highest BCUT2D eigenvalue weighted by Crippen LogP contribution is 2.65. The Hall–Kier alpha value is -1.63. The first-order valence-corrected chi connectivity index (χ1v) is 10.6. The summed E-state index contributed by atoms with van der Waals surface area (Å²) in [6, 6.07) is 3.65. The van der Waals surface area contributed by atoms with Crippen molar-refractivity contribution in [2.24, 2.45) is 0 Å². The predicted octanol–water partition coefficient (Wildman–Crippen LogP) is 1.44. The molecular weight excluding hydrogens is 358 g/mol. The number of quaternary nitrogens is 1. The zero-order chi connectivity index (χ0) is 19.3. The molecule has 2 bridgehead atoms. The molecule has 150 valence electrons. The third-order valence-electron chi connectivity index (χ3n) is 8.55. The first kappa shape index (κ1) is 17.2. The number of aromatic hydroxyl groups is 1. The fourth-order valence-corrected chi connectivity index (χ4v) is 7.30. The van der Waals surface area contributed by atoms with Crippen LogP contribution in [0, 0.1) is 0 Å². The molecule has 1 saturated carbocycles. The number of benzene rings is 1. The number of Topliss-reactive ketones (excluding diaryl/α,β-unsaturated/α-hetero) is 1. The highest BCUT2D eigenvalue weighted by molar-refractivity contribution is 5.90. The van der Waals surface area contributed by atoms with E-state index in [9.17, 15) is 15.0 Å². The SMILES string of the molecule is C[N+]1(CC2CCCO2)CC[C@]23c4c5ccc(O)c4O[C@H]2C(=O)CC[C@@]3(O)[C@H]1C5.